The third-order valence-electron chi connectivity index (χ3n) is 3.05. The molecule has 0 spiro atoms. The van der Waals surface area contributed by atoms with E-state index in [0.29, 0.717) is 12.0 Å². The van der Waals surface area contributed by atoms with E-state index in [-0.39, 0.29) is 24.8 Å². The van der Waals surface area contributed by atoms with Gasteiger partial charge in [0.25, 0.3) is 0 Å². The molecule has 0 aromatic carbocycles. The van der Waals surface area contributed by atoms with E-state index in [2.05, 4.69) is 40.2 Å². The second-order valence-corrected chi connectivity index (χ2v) is 5.33. The Bertz CT molecular complexity index is 351. The molecule has 0 aliphatic carbocycles. The van der Waals surface area contributed by atoms with Crippen LogP contribution in [0.1, 0.15) is 44.5 Å². The SMILES string of the molecule is CSc1nnc(C2CCCNC2)n1C(C)C.Cl.Cl. The maximum Gasteiger partial charge on any atom is 0.191 e. The van der Waals surface area contributed by atoms with Gasteiger partial charge >= 0.3 is 0 Å². The third-order valence-corrected chi connectivity index (χ3v) is 3.70. The predicted octanol–water partition coefficient (Wildman–Crippen LogP) is 2.89. The van der Waals surface area contributed by atoms with Crippen LogP contribution in [0, 0.1) is 0 Å². The van der Waals surface area contributed by atoms with Crippen LogP contribution in [0.4, 0.5) is 0 Å². The van der Waals surface area contributed by atoms with Crippen molar-refractivity contribution in [1.29, 1.82) is 0 Å². The summed E-state index contributed by atoms with van der Waals surface area (Å²) in [6.45, 7) is 6.58. The van der Waals surface area contributed by atoms with Gasteiger partial charge in [-0.2, -0.15) is 0 Å². The van der Waals surface area contributed by atoms with Crippen LogP contribution in [0.25, 0.3) is 0 Å². The van der Waals surface area contributed by atoms with Crippen LogP contribution in [0.15, 0.2) is 5.16 Å². The zero-order valence-corrected chi connectivity index (χ0v) is 13.5. The van der Waals surface area contributed by atoms with Crippen molar-refractivity contribution < 1.29 is 0 Å². The summed E-state index contributed by atoms with van der Waals surface area (Å²) in [6, 6.07) is 0.439. The first-order valence-electron chi connectivity index (χ1n) is 5.93. The Balaban J connectivity index is 0.00000144. The lowest BCUT2D eigenvalue weighted by Crippen LogP contribution is -2.30. The lowest BCUT2D eigenvalue weighted by molar-refractivity contribution is 0.414. The molecule has 1 aromatic rings. The quantitative estimate of drug-likeness (QED) is 0.872. The molecule has 0 amide bonds. The summed E-state index contributed by atoms with van der Waals surface area (Å²) < 4.78 is 2.28. The van der Waals surface area contributed by atoms with Crippen LogP contribution < -0.4 is 5.32 Å². The van der Waals surface area contributed by atoms with E-state index in [0.717, 1.165) is 24.1 Å². The van der Waals surface area contributed by atoms with E-state index in [4.69, 9.17) is 0 Å². The van der Waals surface area contributed by atoms with E-state index in [1.165, 1.54) is 12.8 Å². The van der Waals surface area contributed by atoms with Gasteiger partial charge in [0.1, 0.15) is 5.82 Å². The van der Waals surface area contributed by atoms with Crippen molar-refractivity contribution in [1.82, 2.24) is 20.1 Å². The van der Waals surface area contributed by atoms with Gasteiger partial charge in [0.15, 0.2) is 5.16 Å². The first-order chi connectivity index (χ1) is 7.74. The van der Waals surface area contributed by atoms with E-state index < -0.39 is 0 Å². The fourth-order valence-electron chi connectivity index (χ4n) is 2.26. The molecule has 18 heavy (non-hydrogen) atoms. The Hall–Kier alpha value is 0.0300. The zero-order valence-electron chi connectivity index (χ0n) is 11.0. The van der Waals surface area contributed by atoms with Gasteiger partial charge in [-0.25, -0.2) is 0 Å². The number of halogens is 2. The topological polar surface area (TPSA) is 42.7 Å². The smallest absolute Gasteiger partial charge is 0.191 e. The Kier molecular flexibility index (Phi) is 8.26. The maximum absolute atomic E-state index is 4.38. The van der Waals surface area contributed by atoms with Crippen molar-refractivity contribution in [3.05, 3.63) is 5.82 Å². The molecular weight excluding hydrogens is 291 g/mol. The highest BCUT2D eigenvalue weighted by Crippen LogP contribution is 2.27. The second kappa shape index (κ2) is 8.25. The maximum atomic E-state index is 4.38. The normalized spacial score (nSPS) is 19.2. The van der Waals surface area contributed by atoms with Crippen molar-refractivity contribution in [2.24, 2.45) is 0 Å². The molecule has 0 saturated carbocycles. The molecule has 0 radical (unpaired) electrons. The van der Waals surface area contributed by atoms with Crippen LogP contribution in [0.5, 0.6) is 0 Å². The van der Waals surface area contributed by atoms with Gasteiger partial charge in [-0.15, -0.1) is 35.0 Å². The summed E-state index contributed by atoms with van der Waals surface area (Å²) in [4.78, 5) is 0. The molecule has 1 fully saturated rings. The van der Waals surface area contributed by atoms with Gasteiger partial charge in [-0.05, 0) is 39.5 Å². The summed E-state index contributed by atoms with van der Waals surface area (Å²) in [7, 11) is 0. The highest BCUT2D eigenvalue weighted by Gasteiger charge is 2.23. The molecule has 1 atom stereocenters. The van der Waals surface area contributed by atoms with Crippen LogP contribution in [-0.4, -0.2) is 34.1 Å². The van der Waals surface area contributed by atoms with E-state index in [1.54, 1.807) is 11.8 Å². The van der Waals surface area contributed by atoms with Gasteiger partial charge in [0.2, 0.25) is 0 Å². The first kappa shape index (κ1) is 18.0. The summed E-state index contributed by atoms with van der Waals surface area (Å²) in [5.41, 5.74) is 0. The van der Waals surface area contributed by atoms with Crippen LogP contribution in [0.3, 0.4) is 0 Å². The number of hydrogen-bond acceptors (Lipinski definition) is 4. The molecule has 1 N–H and O–H groups in total. The molecule has 106 valence electrons. The number of nitrogens with zero attached hydrogens (tertiary/aromatic N) is 3. The number of nitrogens with one attached hydrogen (secondary N) is 1. The molecule has 1 aliphatic heterocycles. The lowest BCUT2D eigenvalue weighted by atomic mass is 9.98. The molecule has 2 rings (SSSR count). The average molecular weight is 313 g/mol. The predicted molar refractivity (Wildman–Crippen MR) is 81.5 cm³/mol. The van der Waals surface area contributed by atoms with Crippen molar-refractivity contribution >= 4 is 36.6 Å². The van der Waals surface area contributed by atoms with E-state index in [1.807, 2.05) is 0 Å². The van der Waals surface area contributed by atoms with Crippen LogP contribution in [-0.2, 0) is 0 Å². The number of piperidine rings is 1. The second-order valence-electron chi connectivity index (χ2n) is 4.55. The highest BCUT2D eigenvalue weighted by atomic mass is 35.5. The molecular formula is C11H22Cl2N4S. The third kappa shape index (κ3) is 3.76. The fraction of sp³-hybridized carbons (Fsp3) is 0.818. The van der Waals surface area contributed by atoms with Gasteiger partial charge in [0.05, 0.1) is 0 Å². The van der Waals surface area contributed by atoms with E-state index in [9.17, 15) is 0 Å². The Morgan fingerprint density at radius 2 is 2.06 bits per heavy atom. The van der Waals surface area contributed by atoms with Crippen molar-refractivity contribution in [2.45, 2.75) is 43.8 Å². The van der Waals surface area contributed by atoms with Crippen molar-refractivity contribution in [3.8, 4) is 0 Å². The highest BCUT2D eigenvalue weighted by molar-refractivity contribution is 7.98. The monoisotopic (exact) mass is 312 g/mol. The number of aromatic nitrogens is 3. The molecule has 7 heteroatoms. The minimum atomic E-state index is 0. The fourth-order valence-corrected chi connectivity index (χ4v) is 2.89. The molecule has 1 unspecified atom stereocenters. The summed E-state index contributed by atoms with van der Waals surface area (Å²) >= 11 is 1.68. The first-order valence-corrected chi connectivity index (χ1v) is 7.16. The molecule has 0 bridgehead atoms. The largest absolute Gasteiger partial charge is 0.316 e. The Morgan fingerprint density at radius 3 is 2.56 bits per heavy atom. The standard InChI is InChI=1S/C11H20N4S.2ClH/c1-8(2)15-10(13-14-11(15)16-3)9-5-4-6-12-7-9;;/h8-9,12H,4-7H2,1-3H3;2*1H. The number of thioether (sulfide) groups is 1. The lowest BCUT2D eigenvalue weighted by Gasteiger charge is -2.24. The van der Waals surface area contributed by atoms with Gasteiger partial charge < -0.3 is 9.88 Å². The minimum Gasteiger partial charge on any atom is -0.316 e. The molecule has 4 nitrogen and oxygen atoms in total. The summed E-state index contributed by atoms with van der Waals surface area (Å²) in [5, 5.41) is 13.1. The Labute approximate surface area is 126 Å². The van der Waals surface area contributed by atoms with Gasteiger partial charge in [-0.1, -0.05) is 11.8 Å². The van der Waals surface area contributed by atoms with E-state index >= 15 is 0 Å². The average Bonchev–Trinajstić information content (AvgIpc) is 2.73. The minimum absolute atomic E-state index is 0. The number of rotatable bonds is 3. The molecule has 1 aromatic heterocycles. The summed E-state index contributed by atoms with van der Waals surface area (Å²) in [5.74, 6) is 1.69. The van der Waals surface area contributed by atoms with Crippen LogP contribution in [0.2, 0.25) is 0 Å². The van der Waals surface area contributed by atoms with Crippen LogP contribution >= 0.6 is 36.6 Å². The van der Waals surface area contributed by atoms with Gasteiger partial charge in [-0.3, -0.25) is 0 Å². The molecule has 1 saturated heterocycles. The van der Waals surface area contributed by atoms with Gasteiger partial charge in [0, 0.05) is 18.5 Å². The zero-order chi connectivity index (χ0) is 11.5. The summed E-state index contributed by atoms with van der Waals surface area (Å²) in [6.07, 6.45) is 4.53. The molecule has 1 aliphatic rings. The van der Waals surface area contributed by atoms with Crippen molar-refractivity contribution in [2.75, 3.05) is 19.3 Å². The molecule has 2 heterocycles. The van der Waals surface area contributed by atoms with Crippen molar-refractivity contribution in [3.63, 3.8) is 0 Å². The number of hydrogen-bond donors (Lipinski definition) is 1. The Morgan fingerprint density at radius 1 is 1.33 bits per heavy atom.